The highest BCUT2D eigenvalue weighted by Crippen LogP contribution is 2.37. The van der Waals surface area contributed by atoms with E-state index in [1.54, 1.807) is 6.20 Å². The lowest BCUT2D eigenvalue weighted by atomic mass is 10.1. The number of nitrogens with two attached hydrogens (primary N) is 1. The van der Waals surface area contributed by atoms with Crippen LogP contribution < -0.4 is 15.8 Å². The van der Waals surface area contributed by atoms with Gasteiger partial charge in [0.15, 0.2) is 0 Å². The first kappa shape index (κ1) is 9.96. The zero-order valence-corrected chi connectivity index (χ0v) is 9.26. The van der Waals surface area contributed by atoms with E-state index < -0.39 is 0 Å². The molecule has 0 spiro atoms. The highest BCUT2D eigenvalue weighted by Gasteiger charge is 2.22. The average molecular weight is 227 g/mol. The van der Waals surface area contributed by atoms with Crippen molar-refractivity contribution in [3.8, 4) is 5.75 Å². The molecule has 0 bridgehead atoms. The predicted octanol–water partition coefficient (Wildman–Crippen LogP) is 2.21. The van der Waals surface area contributed by atoms with Gasteiger partial charge in [-0.15, -0.1) is 0 Å². The molecule has 1 aromatic carbocycles. The van der Waals surface area contributed by atoms with Gasteiger partial charge >= 0.3 is 0 Å². The fourth-order valence-corrected chi connectivity index (χ4v) is 1.95. The first-order chi connectivity index (χ1) is 8.34. The standard InChI is InChI=1S/C13H13N3O/c14-9-4-3-6-12-13(9)16-11(8-17-12)10-5-1-2-7-15-10/h1-7,11,16H,8,14H2. The summed E-state index contributed by atoms with van der Waals surface area (Å²) < 4.78 is 5.69. The number of hydrogen-bond donors (Lipinski definition) is 2. The van der Waals surface area contributed by atoms with E-state index in [1.807, 2.05) is 36.4 Å². The van der Waals surface area contributed by atoms with Gasteiger partial charge in [0.1, 0.15) is 24.1 Å². The van der Waals surface area contributed by atoms with Crippen LogP contribution in [0.1, 0.15) is 11.7 Å². The quantitative estimate of drug-likeness (QED) is 0.733. The summed E-state index contributed by atoms with van der Waals surface area (Å²) in [5.41, 5.74) is 8.43. The molecule has 0 saturated carbocycles. The van der Waals surface area contributed by atoms with Crippen LogP contribution in [0.25, 0.3) is 0 Å². The Kier molecular flexibility index (Phi) is 2.33. The lowest BCUT2D eigenvalue weighted by Gasteiger charge is -2.27. The number of pyridine rings is 1. The smallest absolute Gasteiger partial charge is 0.144 e. The normalized spacial score (nSPS) is 17.8. The SMILES string of the molecule is Nc1cccc2c1NC(c1ccccn1)CO2. The second-order valence-electron chi connectivity index (χ2n) is 3.98. The number of rotatable bonds is 1. The molecule has 3 N–H and O–H groups in total. The van der Waals surface area contributed by atoms with Gasteiger partial charge in [0, 0.05) is 6.20 Å². The van der Waals surface area contributed by atoms with E-state index in [1.165, 1.54) is 0 Å². The number of nitrogen functional groups attached to an aromatic ring is 1. The summed E-state index contributed by atoms with van der Waals surface area (Å²) in [6.45, 7) is 0.563. The van der Waals surface area contributed by atoms with Crippen molar-refractivity contribution in [3.05, 3.63) is 48.3 Å². The van der Waals surface area contributed by atoms with Crippen molar-refractivity contribution in [2.24, 2.45) is 0 Å². The molecule has 0 saturated heterocycles. The Balaban J connectivity index is 1.93. The molecule has 17 heavy (non-hydrogen) atoms. The van der Waals surface area contributed by atoms with Gasteiger partial charge in [-0.3, -0.25) is 4.98 Å². The number of anilines is 2. The number of nitrogens with zero attached hydrogens (tertiary/aromatic N) is 1. The third kappa shape index (κ3) is 1.78. The summed E-state index contributed by atoms with van der Waals surface area (Å²) in [4.78, 5) is 4.32. The van der Waals surface area contributed by atoms with Crippen LogP contribution >= 0.6 is 0 Å². The molecule has 1 aliphatic rings. The van der Waals surface area contributed by atoms with Crippen molar-refractivity contribution in [2.45, 2.75) is 6.04 Å². The fourth-order valence-electron chi connectivity index (χ4n) is 1.95. The van der Waals surface area contributed by atoms with Crippen LogP contribution in [0.5, 0.6) is 5.75 Å². The lowest BCUT2D eigenvalue weighted by Crippen LogP contribution is -2.25. The Bertz CT molecular complexity index is 527. The van der Waals surface area contributed by atoms with Gasteiger partial charge < -0.3 is 15.8 Å². The van der Waals surface area contributed by atoms with E-state index >= 15 is 0 Å². The molecular formula is C13H13N3O. The minimum Gasteiger partial charge on any atom is -0.489 e. The molecule has 86 valence electrons. The van der Waals surface area contributed by atoms with Gasteiger partial charge in [-0.1, -0.05) is 12.1 Å². The highest BCUT2D eigenvalue weighted by molar-refractivity contribution is 5.74. The predicted molar refractivity (Wildman–Crippen MR) is 67.0 cm³/mol. The van der Waals surface area contributed by atoms with Crippen molar-refractivity contribution in [2.75, 3.05) is 17.7 Å². The number of benzene rings is 1. The number of ether oxygens (including phenoxy) is 1. The van der Waals surface area contributed by atoms with E-state index in [-0.39, 0.29) is 6.04 Å². The Hall–Kier alpha value is -2.23. The average Bonchev–Trinajstić information content (AvgIpc) is 2.40. The summed E-state index contributed by atoms with van der Waals surface area (Å²) in [6.07, 6.45) is 1.78. The molecule has 2 heterocycles. The van der Waals surface area contributed by atoms with Crippen LogP contribution in [-0.2, 0) is 0 Å². The summed E-state index contributed by atoms with van der Waals surface area (Å²) in [6, 6.07) is 11.5. The molecule has 4 heteroatoms. The van der Waals surface area contributed by atoms with Crippen molar-refractivity contribution < 1.29 is 4.74 Å². The molecule has 1 aromatic heterocycles. The highest BCUT2D eigenvalue weighted by atomic mass is 16.5. The number of nitrogens with one attached hydrogen (secondary N) is 1. The summed E-state index contributed by atoms with van der Waals surface area (Å²) in [7, 11) is 0. The van der Waals surface area contributed by atoms with Crippen molar-refractivity contribution in [3.63, 3.8) is 0 Å². The van der Waals surface area contributed by atoms with Crippen LogP contribution in [0.4, 0.5) is 11.4 Å². The largest absolute Gasteiger partial charge is 0.489 e. The molecule has 0 amide bonds. The van der Waals surface area contributed by atoms with Crippen molar-refractivity contribution in [1.29, 1.82) is 0 Å². The summed E-state index contributed by atoms with van der Waals surface area (Å²) >= 11 is 0. The van der Waals surface area contributed by atoms with Crippen LogP contribution in [-0.4, -0.2) is 11.6 Å². The van der Waals surface area contributed by atoms with E-state index in [4.69, 9.17) is 10.5 Å². The minimum atomic E-state index is 0.0494. The zero-order valence-electron chi connectivity index (χ0n) is 9.26. The molecule has 1 unspecified atom stereocenters. The third-order valence-electron chi connectivity index (χ3n) is 2.83. The first-order valence-electron chi connectivity index (χ1n) is 5.53. The van der Waals surface area contributed by atoms with E-state index in [0.717, 1.165) is 17.1 Å². The Morgan fingerprint density at radius 3 is 3.00 bits per heavy atom. The van der Waals surface area contributed by atoms with Crippen LogP contribution in [0.15, 0.2) is 42.6 Å². The number of hydrogen-bond acceptors (Lipinski definition) is 4. The van der Waals surface area contributed by atoms with Gasteiger partial charge in [-0.05, 0) is 24.3 Å². The maximum Gasteiger partial charge on any atom is 0.144 e. The Morgan fingerprint density at radius 2 is 2.18 bits per heavy atom. The Labute approximate surface area is 99.4 Å². The maximum absolute atomic E-state index is 5.92. The molecule has 0 aliphatic carbocycles. The first-order valence-corrected chi connectivity index (χ1v) is 5.53. The second kappa shape index (κ2) is 3.97. The summed E-state index contributed by atoms with van der Waals surface area (Å²) in [5.74, 6) is 0.803. The molecule has 4 nitrogen and oxygen atoms in total. The second-order valence-corrected chi connectivity index (χ2v) is 3.98. The third-order valence-corrected chi connectivity index (χ3v) is 2.83. The van der Waals surface area contributed by atoms with E-state index in [2.05, 4.69) is 10.3 Å². The number of aromatic nitrogens is 1. The molecule has 1 atom stereocenters. The summed E-state index contributed by atoms with van der Waals surface area (Å²) in [5, 5.41) is 3.37. The van der Waals surface area contributed by atoms with Gasteiger partial charge in [0.05, 0.1) is 11.4 Å². The number of para-hydroxylation sites is 1. The molecule has 1 aliphatic heterocycles. The minimum absolute atomic E-state index is 0.0494. The van der Waals surface area contributed by atoms with Gasteiger partial charge in [-0.25, -0.2) is 0 Å². The molecule has 0 radical (unpaired) electrons. The monoisotopic (exact) mass is 227 g/mol. The fraction of sp³-hybridized carbons (Fsp3) is 0.154. The van der Waals surface area contributed by atoms with Gasteiger partial charge in [0.2, 0.25) is 0 Å². The van der Waals surface area contributed by atoms with Crippen LogP contribution in [0.2, 0.25) is 0 Å². The Morgan fingerprint density at radius 1 is 1.24 bits per heavy atom. The topological polar surface area (TPSA) is 60.2 Å². The van der Waals surface area contributed by atoms with Crippen molar-refractivity contribution in [1.82, 2.24) is 4.98 Å². The molecule has 2 aromatic rings. The molecule has 3 rings (SSSR count). The lowest BCUT2D eigenvalue weighted by molar-refractivity contribution is 0.284. The van der Waals surface area contributed by atoms with E-state index in [9.17, 15) is 0 Å². The van der Waals surface area contributed by atoms with E-state index in [0.29, 0.717) is 12.3 Å². The van der Waals surface area contributed by atoms with Crippen LogP contribution in [0, 0.1) is 0 Å². The number of fused-ring (bicyclic) bond motifs is 1. The zero-order chi connectivity index (χ0) is 11.7. The van der Waals surface area contributed by atoms with Gasteiger partial charge in [-0.2, -0.15) is 0 Å². The molecule has 0 fully saturated rings. The van der Waals surface area contributed by atoms with Crippen molar-refractivity contribution >= 4 is 11.4 Å². The van der Waals surface area contributed by atoms with Crippen LogP contribution in [0.3, 0.4) is 0 Å². The van der Waals surface area contributed by atoms with Gasteiger partial charge in [0.25, 0.3) is 0 Å². The molecular weight excluding hydrogens is 214 g/mol. The maximum atomic E-state index is 5.92.